The largest absolute Gasteiger partial charge is 0.446 e. The number of rotatable bonds is 3. The van der Waals surface area contributed by atoms with Gasteiger partial charge in [-0.25, -0.2) is 4.98 Å². The fraction of sp³-hybridized carbons (Fsp3) is 0.400. The van der Waals surface area contributed by atoms with Crippen LogP contribution in [-0.4, -0.2) is 24.2 Å². The second kappa shape index (κ2) is 5.95. The minimum Gasteiger partial charge on any atom is -0.446 e. The van der Waals surface area contributed by atoms with Gasteiger partial charge in [0, 0.05) is 17.6 Å². The van der Waals surface area contributed by atoms with E-state index in [2.05, 4.69) is 10.3 Å². The van der Waals surface area contributed by atoms with Crippen molar-refractivity contribution in [2.24, 2.45) is 0 Å². The van der Waals surface area contributed by atoms with E-state index < -0.39 is 0 Å². The molecule has 1 aliphatic heterocycles. The van der Waals surface area contributed by atoms with Crippen LogP contribution >= 0.6 is 11.6 Å². The Hall–Kier alpha value is -1.36. The molecule has 106 valence electrons. The Labute approximate surface area is 123 Å². The summed E-state index contributed by atoms with van der Waals surface area (Å²) >= 11 is 5.89. The quantitative estimate of drug-likeness (QED) is 0.945. The molecule has 2 unspecified atom stereocenters. The number of nitrogens with one attached hydrogen (secondary N) is 1. The second-order valence-electron chi connectivity index (χ2n) is 5.08. The molecule has 1 aromatic heterocycles. The molecule has 3 rings (SSSR count). The van der Waals surface area contributed by atoms with Crippen LogP contribution in [0.1, 0.15) is 23.3 Å². The number of ether oxygens (including phenoxy) is 1. The Kier molecular flexibility index (Phi) is 4.05. The van der Waals surface area contributed by atoms with E-state index in [1.165, 1.54) is 5.56 Å². The van der Waals surface area contributed by atoms with Crippen molar-refractivity contribution in [1.82, 2.24) is 10.3 Å². The molecule has 1 N–H and O–H groups in total. The summed E-state index contributed by atoms with van der Waals surface area (Å²) in [5.41, 5.74) is 2.13. The van der Waals surface area contributed by atoms with E-state index in [0.29, 0.717) is 18.5 Å². The first-order valence-electron chi connectivity index (χ1n) is 6.72. The maximum absolute atomic E-state index is 5.89. The highest BCUT2D eigenvalue weighted by atomic mass is 35.5. The molecule has 4 nitrogen and oxygen atoms in total. The highest BCUT2D eigenvalue weighted by Crippen LogP contribution is 2.20. The number of aryl methyl sites for hydroxylation is 1. The van der Waals surface area contributed by atoms with Crippen molar-refractivity contribution in [3.05, 3.63) is 52.7 Å². The topological polar surface area (TPSA) is 47.3 Å². The Bertz CT molecular complexity index is 560. The first-order valence-corrected chi connectivity index (χ1v) is 7.10. The highest BCUT2D eigenvalue weighted by molar-refractivity contribution is 6.30. The average molecular weight is 293 g/mol. The van der Waals surface area contributed by atoms with Gasteiger partial charge in [-0.15, -0.1) is 0 Å². The lowest BCUT2D eigenvalue weighted by Gasteiger charge is -2.28. The Balaban J connectivity index is 1.54. The van der Waals surface area contributed by atoms with Gasteiger partial charge in [0.2, 0.25) is 5.89 Å². The molecule has 1 aromatic carbocycles. The number of halogens is 1. The summed E-state index contributed by atoms with van der Waals surface area (Å²) < 4.78 is 11.2. The molecule has 0 radical (unpaired) electrons. The number of benzene rings is 1. The van der Waals surface area contributed by atoms with E-state index in [1.54, 1.807) is 6.26 Å². The van der Waals surface area contributed by atoms with E-state index >= 15 is 0 Å². The zero-order chi connectivity index (χ0) is 13.9. The smallest absolute Gasteiger partial charge is 0.224 e. The van der Waals surface area contributed by atoms with Crippen LogP contribution in [0.25, 0.3) is 0 Å². The maximum atomic E-state index is 5.89. The van der Waals surface area contributed by atoms with E-state index in [-0.39, 0.29) is 6.10 Å². The summed E-state index contributed by atoms with van der Waals surface area (Å²) in [5.74, 6) is 0.653. The van der Waals surface area contributed by atoms with Crippen molar-refractivity contribution in [1.29, 1.82) is 0 Å². The van der Waals surface area contributed by atoms with Crippen molar-refractivity contribution in [3.8, 4) is 0 Å². The van der Waals surface area contributed by atoms with Crippen molar-refractivity contribution in [3.63, 3.8) is 0 Å². The predicted octanol–water partition coefficient (Wildman–Crippen LogP) is 2.91. The molecule has 1 aliphatic rings. The van der Waals surface area contributed by atoms with Gasteiger partial charge in [-0.1, -0.05) is 23.7 Å². The summed E-state index contributed by atoms with van der Waals surface area (Å²) in [5, 5.41) is 4.25. The average Bonchev–Trinajstić information content (AvgIpc) is 2.89. The fourth-order valence-corrected chi connectivity index (χ4v) is 2.46. The van der Waals surface area contributed by atoms with Gasteiger partial charge >= 0.3 is 0 Å². The lowest BCUT2D eigenvalue weighted by molar-refractivity contribution is -0.0116. The number of nitrogens with zero attached hydrogens (tertiary/aromatic N) is 1. The van der Waals surface area contributed by atoms with Crippen LogP contribution in [0.5, 0.6) is 0 Å². The lowest BCUT2D eigenvalue weighted by Crippen LogP contribution is -2.44. The maximum Gasteiger partial charge on any atom is 0.224 e. The third kappa shape index (κ3) is 3.20. The first-order chi connectivity index (χ1) is 9.70. The summed E-state index contributed by atoms with van der Waals surface area (Å²) in [6, 6.07) is 8.24. The fourth-order valence-electron chi connectivity index (χ4n) is 2.34. The van der Waals surface area contributed by atoms with Crippen LogP contribution < -0.4 is 5.32 Å². The first kappa shape index (κ1) is 13.6. The third-order valence-electron chi connectivity index (χ3n) is 3.40. The van der Waals surface area contributed by atoms with Crippen LogP contribution in [0, 0.1) is 6.92 Å². The zero-order valence-corrected chi connectivity index (χ0v) is 12.1. The normalized spacial score (nSPS) is 22.9. The molecule has 1 saturated heterocycles. The summed E-state index contributed by atoms with van der Waals surface area (Å²) in [6.07, 6.45) is 2.48. The van der Waals surface area contributed by atoms with Gasteiger partial charge in [-0.05, 0) is 31.0 Å². The standard InChI is InChI=1S/C15H17ClN2O2/c1-10-8-20-15(18-10)14-7-17-13(9-19-14)6-11-2-4-12(16)5-3-11/h2-5,8,13-14,17H,6-7,9H2,1H3. The van der Waals surface area contributed by atoms with Gasteiger partial charge < -0.3 is 14.5 Å². The predicted molar refractivity (Wildman–Crippen MR) is 76.9 cm³/mol. The van der Waals surface area contributed by atoms with Crippen LogP contribution in [0.2, 0.25) is 5.02 Å². The molecule has 5 heteroatoms. The molecule has 0 bridgehead atoms. The SMILES string of the molecule is Cc1coc(C2CNC(Cc3ccc(Cl)cc3)CO2)n1. The number of morpholine rings is 1. The lowest BCUT2D eigenvalue weighted by atomic mass is 10.1. The summed E-state index contributed by atoms with van der Waals surface area (Å²) in [6.45, 7) is 3.28. The highest BCUT2D eigenvalue weighted by Gasteiger charge is 2.25. The minimum atomic E-state index is -0.0924. The van der Waals surface area contributed by atoms with Gasteiger partial charge in [0.05, 0.1) is 12.3 Å². The van der Waals surface area contributed by atoms with Crippen molar-refractivity contribution in [2.45, 2.75) is 25.5 Å². The third-order valence-corrected chi connectivity index (χ3v) is 3.65. The molecule has 1 fully saturated rings. The number of hydrogen-bond acceptors (Lipinski definition) is 4. The van der Waals surface area contributed by atoms with Crippen molar-refractivity contribution in [2.75, 3.05) is 13.2 Å². The van der Waals surface area contributed by atoms with Gasteiger partial charge in [-0.3, -0.25) is 0 Å². The van der Waals surface area contributed by atoms with Crippen LogP contribution in [-0.2, 0) is 11.2 Å². The van der Waals surface area contributed by atoms with Gasteiger partial charge in [0.15, 0.2) is 0 Å². The van der Waals surface area contributed by atoms with E-state index in [0.717, 1.165) is 23.7 Å². The molecule has 0 spiro atoms. The molecule has 2 atom stereocenters. The summed E-state index contributed by atoms with van der Waals surface area (Å²) in [4.78, 5) is 4.31. The molecule has 0 aliphatic carbocycles. The number of hydrogen-bond donors (Lipinski definition) is 1. The number of aromatic nitrogens is 1. The second-order valence-corrected chi connectivity index (χ2v) is 5.52. The molecule has 20 heavy (non-hydrogen) atoms. The van der Waals surface area contributed by atoms with Gasteiger partial charge in [0.25, 0.3) is 0 Å². The number of oxazole rings is 1. The Morgan fingerprint density at radius 2 is 2.15 bits per heavy atom. The zero-order valence-electron chi connectivity index (χ0n) is 11.3. The van der Waals surface area contributed by atoms with Gasteiger partial charge in [0.1, 0.15) is 12.4 Å². The molecular weight excluding hydrogens is 276 g/mol. The van der Waals surface area contributed by atoms with Crippen LogP contribution in [0.15, 0.2) is 34.9 Å². The monoisotopic (exact) mass is 292 g/mol. The molecule has 2 aromatic rings. The Morgan fingerprint density at radius 1 is 1.35 bits per heavy atom. The van der Waals surface area contributed by atoms with Crippen LogP contribution in [0.3, 0.4) is 0 Å². The Morgan fingerprint density at radius 3 is 2.75 bits per heavy atom. The minimum absolute atomic E-state index is 0.0924. The van der Waals surface area contributed by atoms with E-state index in [4.69, 9.17) is 20.8 Å². The van der Waals surface area contributed by atoms with Crippen LogP contribution in [0.4, 0.5) is 0 Å². The summed E-state index contributed by atoms with van der Waals surface area (Å²) in [7, 11) is 0. The van der Waals surface area contributed by atoms with E-state index in [9.17, 15) is 0 Å². The van der Waals surface area contributed by atoms with Gasteiger partial charge in [-0.2, -0.15) is 0 Å². The van der Waals surface area contributed by atoms with E-state index in [1.807, 2.05) is 31.2 Å². The molecule has 0 saturated carbocycles. The molecule has 2 heterocycles. The molecular formula is C15H17ClN2O2. The van der Waals surface area contributed by atoms with Crippen molar-refractivity contribution >= 4 is 11.6 Å². The molecule has 0 amide bonds. The van der Waals surface area contributed by atoms with Crippen molar-refractivity contribution < 1.29 is 9.15 Å².